The van der Waals surface area contributed by atoms with E-state index in [4.69, 9.17) is 4.74 Å². The molecule has 0 aliphatic carbocycles. The molecule has 2 fully saturated rings. The third-order valence-electron chi connectivity index (χ3n) is 2.34. The molecular weight excluding hydrogens is 208 g/mol. The van der Waals surface area contributed by atoms with Crippen molar-refractivity contribution in [2.24, 2.45) is 0 Å². The Morgan fingerprint density at radius 3 is 2.93 bits per heavy atom. The number of esters is 3. The number of hydrogen-bond donors (Lipinski definition) is 0. The average molecular weight is 216 g/mol. The van der Waals surface area contributed by atoms with Crippen molar-refractivity contribution in [2.45, 2.75) is 18.1 Å². The highest BCUT2D eigenvalue weighted by atomic mass is 16.7. The summed E-state index contributed by atoms with van der Waals surface area (Å²) in [5.74, 6) is -2.29. The first-order chi connectivity index (χ1) is 7.10. The number of fused-ring (bicyclic) bond motifs is 1. The largest absolute Gasteiger partial charge is 0.467 e. The molecule has 2 unspecified atom stereocenters. The Morgan fingerprint density at radius 2 is 2.27 bits per heavy atom. The lowest BCUT2D eigenvalue weighted by molar-refractivity contribution is -0.231. The molecule has 82 valence electrons. The summed E-state index contributed by atoms with van der Waals surface area (Å²) in [6.45, 7) is -0.388. The first-order valence-electron chi connectivity index (χ1n) is 4.18. The Labute approximate surface area is 84.2 Å². The summed E-state index contributed by atoms with van der Waals surface area (Å²) >= 11 is 0. The molecule has 2 heterocycles. The second-order valence-corrected chi connectivity index (χ2v) is 3.15. The summed E-state index contributed by atoms with van der Waals surface area (Å²) in [6.07, 6.45) is -1.69. The lowest BCUT2D eigenvalue weighted by Crippen LogP contribution is -2.56. The molecule has 0 spiro atoms. The van der Waals surface area contributed by atoms with Gasteiger partial charge in [0.15, 0.2) is 6.79 Å². The maximum absolute atomic E-state index is 11.5. The zero-order valence-electron chi connectivity index (χ0n) is 7.85. The van der Waals surface area contributed by atoms with E-state index >= 15 is 0 Å². The van der Waals surface area contributed by atoms with Gasteiger partial charge in [-0.05, 0) is 0 Å². The Morgan fingerprint density at radius 1 is 1.53 bits per heavy atom. The summed E-state index contributed by atoms with van der Waals surface area (Å²) in [5.41, 5.74) is -1.67. The molecule has 0 aromatic carbocycles. The summed E-state index contributed by atoms with van der Waals surface area (Å²) < 4.78 is 18.7. The van der Waals surface area contributed by atoms with Crippen LogP contribution in [0.15, 0.2) is 0 Å². The van der Waals surface area contributed by atoms with Crippen LogP contribution in [0, 0.1) is 0 Å². The Bertz CT molecular complexity index is 336. The Hall–Kier alpha value is -1.63. The second-order valence-electron chi connectivity index (χ2n) is 3.15. The first kappa shape index (κ1) is 9.91. The van der Waals surface area contributed by atoms with Gasteiger partial charge in [0, 0.05) is 0 Å². The van der Waals surface area contributed by atoms with Gasteiger partial charge in [-0.3, -0.25) is 4.79 Å². The maximum atomic E-state index is 11.5. The molecule has 2 saturated heterocycles. The molecule has 0 N–H and O–H groups in total. The van der Waals surface area contributed by atoms with Crippen LogP contribution in [0.3, 0.4) is 0 Å². The number of carbonyl (C=O) groups is 3. The summed E-state index contributed by atoms with van der Waals surface area (Å²) in [7, 11) is 1.14. The molecule has 2 rings (SSSR count). The molecule has 0 amide bonds. The molecule has 0 aromatic heterocycles. The van der Waals surface area contributed by atoms with E-state index in [-0.39, 0.29) is 13.2 Å². The maximum Gasteiger partial charge on any atom is 0.353 e. The van der Waals surface area contributed by atoms with Gasteiger partial charge in [-0.2, -0.15) is 0 Å². The third-order valence-corrected chi connectivity index (χ3v) is 2.34. The molecule has 0 saturated carbocycles. The zero-order chi connectivity index (χ0) is 11.1. The van der Waals surface area contributed by atoms with E-state index in [1.165, 1.54) is 0 Å². The molecule has 7 nitrogen and oxygen atoms in total. The van der Waals surface area contributed by atoms with Gasteiger partial charge < -0.3 is 18.9 Å². The van der Waals surface area contributed by atoms with Crippen LogP contribution in [-0.2, 0) is 33.3 Å². The number of methoxy groups -OCH3 is 1. The van der Waals surface area contributed by atoms with Crippen molar-refractivity contribution in [2.75, 3.05) is 13.9 Å². The lowest BCUT2D eigenvalue weighted by atomic mass is 9.94. The Balaban J connectivity index is 2.36. The van der Waals surface area contributed by atoms with Crippen molar-refractivity contribution in [3.63, 3.8) is 0 Å². The number of carbonyl (C=O) groups excluding carboxylic acids is 3. The van der Waals surface area contributed by atoms with Crippen molar-refractivity contribution in [3.05, 3.63) is 0 Å². The zero-order valence-corrected chi connectivity index (χ0v) is 7.85. The number of hydrogen-bond acceptors (Lipinski definition) is 7. The summed E-state index contributed by atoms with van der Waals surface area (Å²) in [6, 6.07) is 0. The fourth-order valence-corrected chi connectivity index (χ4v) is 1.62. The van der Waals surface area contributed by atoms with Gasteiger partial charge >= 0.3 is 17.9 Å². The highest BCUT2D eigenvalue weighted by Crippen LogP contribution is 2.35. The highest BCUT2D eigenvalue weighted by Gasteiger charge is 2.63. The summed E-state index contributed by atoms with van der Waals surface area (Å²) in [4.78, 5) is 33.8. The number of ether oxygens (including phenoxy) is 4. The van der Waals surface area contributed by atoms with E-state index in [0.717, 1.165) is 7.11 Å². The molecular formula is C8H8O7. The van der Waals surface area contributed by atoms with Gasteiger partial charge in [-0.15, -0.1) is 0 Å². The van der Waals surface area contributed by atoms with E-state index in [1.54, 1.807) is 0 Å². The molecule has 0 radical (unpaired) electrons. The van der Waals surface area contributed by atoms with Gasteiger partial charge in [0.05, 0.1) is 13.5 Å². The monoisotopic (exact) mass is 216 g/mol. The normalized spacial score (nSPS) is 34.1. The second kappa shape index (κ2) is 3.20. The minimum atomic E-state index is -1.67. The molecule has 0 bridgehead atoms. The van der Waals surface area contributed by atoms with Crippen LogP contribution in [0.5, 0.6) is 0 Å². The van der Waals surface area contributed by atoms with Gasteiger partial charge in [0.25, 0.3) is 0 Å². The SMILES string of the molecule is COC(=O)C12CC(=O)OC1C(=O)OCO2. The summed E-state index contributed by atoms with van der Waals surface area (Å²) in [5, 5.41) is 0. The smallest absolute Gasteiger partial charge is 0.353 e. The topological polar surface area (TPSA) is 88.1 Å². The molecule has 0 aromatic rings. The molecule has 2 aliphatic rings. The van der Waals surface area contributed by atoms with Gasteiger partial charge in [0.2, 0.25) is 11.7 Å². The fraction of sp³-hybridized carbons (Fsp3) is 0.625. The molecule has 2 aliphatic heterocycles. The number of cyclic esters (lactones) is 1. The standard InChI is InChI=1S/C8H8O7/c1-12-7(11)8-2-4(9)15-5(8)6(10)13-3-14-8/h5H,2-3H2,1H3. The van der Waals surface area contributed by atoms with E-state index in [1.807, 2.05) is 0 Å². The van der Waals surface area contributed by atoms with Crippen LogP contribution >= 0.6 is 0 Å². The van der Waals surface area contributed by atoms with Gasteiger partial charge in [0.1, 0.15) is 0 Å². The minimum absolute atomic E-state index is 0.334. The van der Waals surface area contributed by atoms with Gasteiger partial charge in [-0.25, -0.2) is 9.59 Å². The highest BCUT2D eigenvalue weighted by molar-refractivity contribution is 5.97. The predicted molar refractivity (Wildman–Crippen MR) is 41.3 cm³/mol. The van der Waals surface area contributed by atoms with Crippen LogP contribution in [0.4, 0.5) is 0 Å². The Kier molecular flexibility index (Phi) is 2.11. The van der Waals surface area contributed by atoms with E-state index < -0.39 is 29.6 Å². The van der Waals surface area contributed by atoms with Crippen LogP contribution < -0.4 is 0 Å². The quantitative estimate of drug-likeness (QED) is 0.399. The van der Waals surface area contributed by atoms with Crippen molar-refractivity contribution in [1.29, 1.82) is 0 Å². The molecule has 7 heteroatoms. The van der Waals surface area contributed by atoms with Crippen LogP contribution in [0.1, 0.15) is 6.42 Å². The number of rotatable bonds is 1. The predicted octanol–water partition coefficient (Wildman–Crippen LogP) is -1.26. The fourth-order valence-electron chi connectivity index (χ4n) is 1.62. The molecule has 2 atom stereocenters. The van der Waals surface area contributed by atoms with Crippen molar-refractivity contribution in [3.8, 4) is 0 Å². The van der Waals surface area contributed by atoms with Crippen LogP contribution in [-0.4, -0.2) is 43.5 Å². The van der Waals surface area contributed by atoms with E-state index in [0.29, 0.717) is 0 Å². The minimum Gasteiger partial charge on any atom is -0.467 e. The van der Waals surface area contributed by atoms with Gasteiger partial charge in [-0.1, -0.05) is 0 Å². The van der Waals surface area contributed by atoms with E-state index in [9.17, 15) is 14.4 Å². The molecule has 15 heavy (non-hydrogen) atoms. The lowest BCUT2D eigenvalue weighted by Gasteiger charge is -2.31. The van der Waals surface area contributed by atoms with Crippen LogP contribution in [0.25, 0.3) is 0 Å². The average Bonchev–Trinajstić information content (AvgIpc) is 2.56. The van der Waals surface area contributed by atoms with E-state index in [2.05, 4.69) is 14.2 Å². The van der Waals surface area contributed by atoms with Crippen molar-refractivity contribution < 1.29 is 33.3 Å². The first-order valence-corrected chi connectivity index (χ1v) is 4.18. The van der Waals surface area contributed by atoms with Crippen LogP contribution in [0.2, 0.25) is 0 Å². The van der Waals surface area contributed by atoms with Crippen molar-refractivity contribution in [1.82, 2.24) is 0 Å². The third kappa shape index (κ3) is 1.27. The van der Waals surface area contributed by atoms with Crippen molar-refractivity contribution >= 4 is 17.9 Å².